The van der Waals surface area contributed by atoms with Gasteiger partial charge in [-0.1, -0.05) is 36.4 Å². The number of likely N-dealkylation sites (N-methyl/N-ethyl adjacent to an activating group) is 1. The third kappa shape index (κ3) is 1.74. The minimum absolute atomic E-state index is 0.287. The van der Waals surface area contributed by atoms with Crippen molar-refractivity contribution in [2.45, 2.75) is 31.9 Å². The molecule has 0 radical (unpaired) electrons. The van der Waals surface area contributed by atoms with E-state index in [0.717, 1.165) is 28.3 Å². The van der Waals surface area contributed by atoms with Crippen LogP contribution in [0, 0.1) is 6.92 Å². The second kappa shape index (κ2) is 4.85. The highest BCUT2D eigenvalue weighted by atomic mass is 16.5. The van der Waals surface area contributed by atoms with Crippen LogP contribution in [-0.4, -0.2) is 24.0 Å². The molecule has 0 bridgehead atoms. The molecule has 2 aliphatic heterocycles. The first-order chi connectivity index (χ1) is 12.4. The van der Waals surface area contributed by atoms with Gasteiger partial charge in [-0.05, 0) is 38.3 Å². The molecule has 2 aliphatic rings. The van der Waals surface area contributed by atoms with Crippen LogP contribution in [0.2, 0.25) is 0 Å². The quantitative estimate of drug-likeness (QED) is 0.590. The van der Waals surface area contributed by atoms with E-state index >= 15 is 0 Å². The number of rotatable bonds is 0. The van der Waals surface area contributed by atoms with Gasteiger partial charge in [0.25, 0.3) is 0 Å². The van der Waals surface area contributed by atoms with Gasteiger partial charge >= 0.3 is 0 Å². The van der Waals surface area contributed by atoms with Crippen molar-refractivity contribution in [2.24, 2.45) is 4.99 Å². The molecule has 1 atom stereocenters. The van der Waals surface area contributed by atoms with Gasteiger partial charge in [-0.2, -0.15) is 0 Å². The maximum Gasteiger partial charge on any atom is 0.229 e. The van der Waals surface area contributed by atoms with Gasteiger partial charge in [-0.25, -0.2) is 4.98 Å². The van der Waals surface area contributed by atoms with E-state index in [1.165, 1.54) is 10.9 Å². The zero-order valence-corrected chi connectivity index (χ0v) is 15.4. The zero-order chi connectivity index (χ0) is 18.1. The highest BCUT2D eigenvalue weighted by Crippen LogP contribution is 2.53. The maximum absolute atomic E-state index is 6.68. The van der Waals surface area contributed by atoms with Crippen molar-refractivity contribution in [2.75, 3.05) is 11.9 Å². The van der Waals surface area contributed by atoms with Gasteiger partial charge in [-0.15, -0.1) is 0 Å². The van der Waals surface area contributed by atoms with Crippen LogP contribution in [0.1, 0.15) is 25.1 Å². The molecular weight excluding hydrogens is 322 g/mol. The number of aliphatic imine (C=N–C) groups is 1. The number of anilines is 1. The van der Waals surface area contributed by atoms with Crippen molar-refractivity contribution in [3.63, 3.8) is 0 Å². The SMILES string of the molecule is Cc1ccc2c(n1)N(C)C1(C=Nc3c(ccc4ccccc34)O1)C2(C)C. The summed E-state index contributed by atoms with van der Waals surface area (Å²) in [7, 11) is 2.04. The van der Waals surface area contributed by atoms with Gasteiger partial charge in [0.1, 0.15) is 17.3 Å². The molecule has 1 spiro atoms. The van der Waals surface area contributed by atoms with Crippen molar-refractivity contribution in [3.05, 3.63) is 59.8 Å². The third-order valence-corrected chi connectivity index (χ3v) is 5.90. The summed E-state index contributed by atoms with van der Waals surface area (Å²) < 4.78 is 6.68. The predicted molar refractivity (Wildman–Crippen MR) is 106 cm³/mol. The van der Waals surface area contributed by atoms with Crippen molar-refractivity contribution in [3.8, 4) is 5.75 Å². The fourth-order valence-electron chi connectivity index (χ4n) is 4.30. The van der Waals surface area contributed by atoms with Crippen LogP contribution < -0.4 is 9.64 Å². The van der Waals surface area contributed by atoms with Crippen molar-refractivity contribution < 1.29 is 4.74 Å². The largest absolute Gasteiger partial charge is 0.459 e. The van der Waals surface area contributed by atoms with E-state index in [-0.39, 0.29) is 5.41 Å². The molecule has 0 N–H and O–H groups in total. The number of aromatic nitrogens is 1. The minimum atomic E-state index is -0.689. The molecule has 130 valence electrons. The number of hydrogen-bond donors (Lipinski definition) is 0. The lowest BCUT2D eigenvalue weighted by molar-refractivity contribution is 0.0824. The zero-order valence-electron chi connectivity index (χ0n) is 15.4. The Bertz CT molecular complexity index is 1090. The lowest BCUT2D eigenvalue weighted by atomic mass is 9.78. The van der Waals surface area contributed by atoms with E-state index in [1.807, 2.05) is 38.4 Å². The molecule has 1 aromatic heterocycles. The molecular formula is C22H21N3O. The molecule has 1 unspecified atom stereocenters. The predicted octanol–water partition coefficient (Wildman–Crippen LogP) is 4.76. The van der Waals surface area contributed by atoms with E-state index in [9.17, 15) is 0 Å². The summed E-state index contributed by atoms with van der Waals surface area (Å²) in [6.45, 7) is 6.41. The Morgan fingerprint density at radius 1 is 1.00 bits per heavy atom. The number of aryl methyl sites for hydroxylation is 1. The van der Waals surface area contributed by atoms with E-state index < -0.39 is 5.72 Å². The smallest absolute Gasteiger partial charge is 0.229 e. The second-order valence-electron chi connectivity index (χ2n) is 7.70. The Balaban J connectivity index is 1.71. The molecule has 4 heteroatoms. The molecule has 26 heavy (non-hydrogen) atoms. The molecule has 0 amide bonds. The Hall–Kier alpha value is -2.88. The Morgan fingerprint density at radius 3 is 2.65 bits per heavy atom. The molecule has 4 nitrogen and oxygen atoms in total. The van der Waals surface area contributed by atoms with Gasteiger partial charge in [0, 0.05) is 23.7 Å². The van der Waals surface area contributed by atoms with Crippen LogP contribution in [0.25, 0.3) is 10.8 Å². The standard InChI is InChI=1S/C22H21N3O/c1-14-9-11-17-20(24-14)25(4)22(21(17,2)3)13-23-19-16-8-6-5-7-15(16)10-12-18(19)26-22/h5-13H,1-4H3. The van der Waals surface area contributed by atoms with Crippen LogP contribution in [0.4, 0.5) is 11.5 Å². The summed E-state index contributed by atoms with van der Waals surface area (Å²) in [5.74, 6) is 1.78. The number of hydrogen-bond acceptors (Lipinski definition) is 4. The Morgan fingerprint density at radius 2 is 1.81 bits per heavy atom. The van der Waals surface area contributed by atoms with Crippen LogP contribution in [-0.2, 0) is 5.41 Å². The highest BCUT2D eigenvalue weighted by Gasteiger charge is 2.59. The van der Waals surface area contributed by atoms with Crippen LogP contribution >= 0.6 is 0 Å². The molecule has 0 saturated heterocycles. The molecule has 5 rings (SSSR count). The second-order valence-corrected chi connectivity index (χ2v) is 7.70. The average Bonchev–Trinajstić information content (AvgIpc) is 2.80. The van der Waals surface area contributed by atoms with Gasteiger partial charge in [0.15, 0.2) is 0 Å². The lowest BCUT2D eigenvalue weighted by Crippen LogP contribution is -2.61. The molecule has 0 fully saturated rings. The first-order valence-electron chi connectivity index (χ1n) is 8.92. The van der Waals surface area contributed by atoms with Crippen LogP contribution in [0.5, 0.6) is 5.75 Å². The first-order valence-corrected chi connectivity index (χ1v) is 8.92. The van der Waals surface area contributed by atoms with Crippen LogP contribution in [0.15, 0.2) is 53.5 Å². The fourth-order valence-corrected chi connectivity index (χ4v) is 4.30. The van der Waals surface area contributed by atoms with Crippen molar-refractivity contribution in [1.82, 2.24) is 4.98 Å². The summed E-state index contributed by atoms with van der Waals surface area (Å²) in [5.41, 5.74) is 2.11. The Kier molecular flexibility index (Phi) is 2.87. The minimum Gasteiger partial charge on any atom is -0.459 e. The summed E-state index contributed by atoms with van der Waals surface area (Å²) in [4.78, 5) is 11.8. The number of fused-ring (bicyclic) bond motifs is 4. The third-order valence-electron chi connectivity index (χ3n) is 5.90. The van der Waals surface area contributed by atoms with E-state index in [1.54, 1.807) is 0 Å². The monoisotopic (exact) mass is 343 g/mol. The Labute approximate surface area is 153 Å². The number of benzene rings is 2. The normalized spacial score (nSPS) is 22.4. The number of pyridine rings is 1. The molecule has 2 aromatic carbocycles. The molecule has 3 heterocycles. The summed E-state index contributed by atoms with van der Waals surface area (Å²) >= 11 is 0. The molecule has 3 aromatic rings. The van der Waals surface area contributed by atoms with Gasteiger partial charge in [0.2, 0.25) is 5.72 Å². The van der Waals surface area contributed by atoms with Gasteiger partial charge < -0.3 is 9.64 Å². The highest BCUT2D eigenvalue weighted by molar-refractivity contribution is 5.99. The fraction of sp³-hybridized carbons (Fsp3) is 0.273. The van der Waals surface area contributed by atoms with Gasteiger partial charge in [0.05, 0.1) is 11.6 Å². The summed E-state index contributed by atoms with van der Waals surface area (Å²) in [6.07, 6.45) is 1.96. The number of nitrogens with zero attached hydrogens (tertiary/aromatic N) is 3. The van der Waals surface area contributed by atoms with E-state index in [2.05, 4.69) is 49.1 Å². The summed E-state index contributed by atoms with van der Waals surface area (Å²) in [5, 5.41) is 2.28. The van der Waals surface area contributed by atoms with Crippen molar-refractivity contribution >= 4 is 28.5 Å². The van der Waals surface area contributed by atoms with Crippen LogP contribution in [0.3, 0.4) is 0 Å². The molecule has 0 saturated carbocycles. The summed E-state index contributed by atoms with van der Waals surface area (Å²) in [6, 6.07) is 16.6. The van der Waals surface area contributed by atoms with Crippen molar-refractivity contribution in [1.29, 1.82) is 0 Å². The van der Waals surface area contributed by atoms with Gasteiger partial charge in [-0.3, -0.25) is 4.99 Å². The topological polar surface area (TPSA) is 37.7 Å². The lowest BCUT2D eigenvalue weighted by Gasteiger charge is -2.44. The molecule has 0 aliphatic carbocycles. The van der Waals surface area contributed by atoms with E-state index in [0.29, 0.717) is 0 Å². The number of ether oxygens (including phenoxy) is 1. The maximum atomic E-state index is 6.68. The van der Waals surface area contributed by atoms with E-state index in [4.69, 9.17) is 14.7 Å². The average molecular weight is 343 g/mol. The first kappa shape index (κ1) is 15.4.